The van der Waals surface area contributed by atoms with Gasteiger partial charge in [0.1, 0.15) is 6.10 Å². The zero-order chi connectivity index (χ0) is 22.3. The number of hydrogen-bond acceptors (Lipinski definition) is 9. The first-order chi connectivity index (χ1) is 15.6. The van der Waals surface area contributed by atoms with E-state index < -0.39 is 6.16 Å². The van der Waals surface area contributed by atoms with Crippen molar-refractivity contribution in [3.8, 4) is 12.0 Å². The van der Waals surface area contributed by atoms with Gasteiger partial charge in [0, 0.05) is 12.4 Å². The van der Waals surface area contributed by atoms with Crippen LogP contribution in [-0.2, 0) is 11.3 Å². The molecule has 10 heteroatoms. The maximum atomic E-state index is 12.5. The van der Waals surface area contributed by atoms with Crippen LogP contribution in [0.4, 0.5) is 10.6 Å². The molecule has 10 nitrogen and oxygen atoms in total. The largest absolute Gasteiger partial charge is 0.516 e. The van der Waals surface area contributed by atoms with Gasteiger partial charge >= 0.3 is 18.2 Å². The Labute approximate surface area is 186 Å². The van der Waals surface area contributed by atoms with Crippen LogP contribution in [0.3, 0.4) is 0 Å². The highest BCUT2D eigenvalue weighted by molar-refractivity contribution is 5.83. The molecule has 1 saturated carbocycles. The predicted molar refractivity (Wildman–Crippen MR) is 117 cm³/mol. The second-order valence-corrected chi connectivity index (χ2v) is 7.84. The highest BCUT2D eigenvalue weighted by Crippen LogP contribution is 2.27. The lowest BCUT2D eigenvalue weighted by Crippen LogP contribution is -2.24. The standard InChI is InChI=1S/C22H28N6O4/c1-2-3-12-30-20-26-18(23)17-19(27-20)28(14-15-8-7-11-24-13-15)21(25-17)32-22(29)31-16-9-5-4-6-10-16/h7-8,11,13,16H,2-6,9-10,12,14H2,1H3,(H2,23,26,27). The van der Waals surface area contributed by atoms with Gasteiger partial charge in [0.15, 0.2) is 17.0 Å². The predicted octanol–water partition coefficient (Wildman–Crippen LogP) is 3.88. The average Bonchev–Trinajstić information content (AvgIpc) is 3.13. The summed E-state index contributed by atoms with van der Waals surface area (Å²) in [6.45, 7) is 2.87. The van der Waals surface area contributed by atoms with E-state index in [4.69, 9.17) is 19.9 Å². The van der Waals surface area contributed by atoms with Crippen molar-refractivity contribution in [1.82, 2.24) is 24.5 Å². The molecule has 0 radical (unpaired) electrons. The van der Waals surface area contributed by atoms with Crippen LogP contribution in [0, 0.1) is 0 Å². The Bertz CT molecular complexity index is 1050. The zero-order valence-corrected chi connectivity index (χ0v) is 18.2. The molecular formula is C22H28N6O4. The minimum absolute atomic E-state index is 0.0383. The Morgan fingerprint density at radius 2 is 2.06 bits per heavy atom. The van der Waals surface area contributed by atoms with Crippen LogP contribution in [0.1, 0.15) is 57.4 Å². The molecule has 2 N–H and O–H groups in total. The molecule has 1 aliphatic carbocycles. The first-order valence-corrected chi connectivity index (χ1v) is 11.1. The molecule has 0 spiro atoms. The SMILES string of the molecule is CCCCOc1nc(N)c2nc(OC(=O)OC3CCCCC3)n(Cc3cccnc3)c2n1. The number of nitrogen functional groups attached to an aromatic ring is 1. The van der Waals surface area contributed by atoms with Crippen LogP contribution in [0.25, 0.3) is 11.2 Å². The number of hydrogen-bond donors (Lipinski definition) is 1. The highest BCUT2D eigenvalue weighted by atomic mass is 16.7. The molecule has 3 heterocycles. The van der Waals surface area contributed by atoms with Crippen LogP contribution in [0.5, 0.6) is 12.0 Å². The van der Waals surface area contributed by atoms with Crippen LogP contribution in [0.2, 0.25) is 0 Å². The van der Waals surface area contributed by atoms with Crippen molar-refractivity contribution in [1.29, 1.82) is 0 Å². The summed E-state index contributed by atoms with van der Waals surface area (Å²) in [6, 6.07) is 3.93. The number of carbonyl (C=O) groups excluding carboxylic acids is 1. The number of rotatable bonds is 8. The molecular weight excluding hydrogens is 412 g/mol. The van der Waals surface area contributed by atoms with Gasteiger partial charge in [-0.25, -0.2) is 4.79 Å². The molecule has 0 unspecified atom stereocenters. The van der Waals surface area contributed by atoms with E-state index in [-0.39, 0.29) is 23.9 Å². The molecule has 1 fully saturated rings. The van der Waals surface area contributed by atoms with Gasteiger partial charge in [0.25, 0.3) is 0 Å². The topological polar surface area (TPSA) is 127 Å². The van der Waals surface area contributed by atoms with E-state index in [1.165, 1.54) is 0 Å². The summed E-state index contributed by atoms with van der Waals surface area (Å²) in [5, 5.41) is 0. The van der Waals surface area contributed by atoms with Gasteiger partial charge in [0.05, 0.1) is 13.2 Å². The molecule has 32 heavy (non-hydrogen) atoms. The number of carbonyl (C=O) groups is 1. The van der Waals surface area contributed by atoms with Gasteiger partial charge < -0.3 is 19.9 Å². The third-order valence-corrected chi connectivity index (χ3v) is 5.35. The summed E-state index contributed by atoms with van der Waals surface area (Å²) in [6.07, 6.45) is 9.30. The monoisotopic (exact) mass is 440 g/mol. The van der Waals surface area contributed by atoms with Crippen molar-refractivity contribution < 1.29 is 19.0 Å². The smallest absolute Gasteiger partial charge is 0.463 e. The van der Waals surface area contributed by atoms with Gasteiger partial charge in [-0.1, -0.05) is 25.8 Å². The fourth-order valence-corrected chi connectivity index (χ4v) is 3.67. The Balaban J connectivity index is 1.64. The van der Waals surface area contributed by atoms with Crippen LogP contribution in [0.15, 0.2) is 24.5 Å². The van der Waals surface area contributed by atoms with Gasteiger partial charge in [0.2, 0.25) is 0 Å². The van der Waals surface area contributed by atoms with E-state index >= 15 is 0 Å². The summed E-state index contributed by atoms with van der Waals surface area (Å²) in [5.41, 5.74) is 7.75. The van der Waals surface area contributed by atoms with E-state index in [1.54, 1.807) is 17.0 Å². The Kier molecular flexibility index (Phi) is 6.98. The molecule has 0 saturated heterocycles. The van der Waals surface area contributed by atoms with Crippen molar-refractivity contribution in [2.24, 2.45) is 0 Å². The molecule has 0 aliphatic heterocycles. The van der Waals surface area contributed by atoms with Crippen LogP contribution >= 0.6 is 0 Å². The minimum atomic E-state index is -0.786. The lowest BCUT2D eigenvalue weighted by atomic mass is 9.98. The van der Waals surface area contributed by atoms with Gasteiger partial charge in [-0.2, -0.15) is 15.0 Å². The normalized spacial score (nSPS) is 14.4. The number of anilines is 1. The van der Waals surface area contributed by atoms with Gasteiger partial charge in [-0.3, -0.25) is 9.55 Å². The lowest BCUT2D eigenvalue weighted by molar-refractivity contribution is 0.0389. The highest BCUT2D eigenvalue weighted by Gasteiger charge is 2.24. The van der Waals surface area contributed by atoms with Crippen molar-refractivity contribution in [3.63, 3.8) is 0 Å². The number of imidazole rings is 1. The molecule has 0 aromatic carbocycles. The first kappa shape index (κ1) is 21.8. The molecule has 1 aliphatic rings. The molecule has 4 rings (SSSR count). The first-order valence-electron chi connectivity index (χ1n) is 11.1. The van der Waals surface area contributed by atoms with Crippen LogP contribution in [-0.4, -0.2) is 43.4 Å². The Morgan fingerprint density at radius 1 is 1.22 bits per heavy atom. The Hall–Kier alpha value is -3.43. The number of fused-ring (bicyclic) bond motifs is 1. The summed E-state index contributed by atoms with van der Waals surface area (Å²) in [7, 11) is 0. The van der Waals surface area contributed by atoms with Gasteiger partial charge in [-0.05, 0) is 43.7 Å². The molecule has 0 amide bonds. The third-order valence-electron chi connectivity index (χ3n) is 5.35. The van der Waals surface area contributed by atoms with E-state index in [1.807, 2.05) is 12.1 Å². The summed E-state index contributed by atoms with van der Waals surface area (Å²) >= 11 is 0. The fourth-order valence-electron chi connectivity index (χ4n) is 3.67. The van der Waals surface area contributed by atoms with E-state index in [0.29, 0.717) is 24.3 Å². The van der Waals surface area contributed by atoms with Crippen molar-refractivity contribution in [2.45, 2.75) is 64.5 Å². The Morgan fingerprint density at radius 3 is 2.81 bits per heavy atom. The number of ether oxygens (including phenoxy) is 3. The van der Waals surface area contributed by atoms with Crippen LogP contribution < -0.4 is 15.2 Å². The average molecular weight is 441 g/mol. The zero-order valence-electron chi connectivity index (χ0n) is 18.2. The van der Waals surface area contributed by atoms with E-state index in [2.05, 4.69) is 26.9 Å². The molecule has 0 bridgehead atoms. The third kappa shape index (κ3) is 5.24. The number of pyridine rings is 1. The number of aromatic nitrogens is 5. The van der Waals surface area contributed by atoms with E-state index in [0.717, 1.165) is 50.5 Å². The lowest BCUT2D eigenvalue weighted by Gasteiger charge is -2.21. The van der Waals surface area contributed by atoms with Crippen molar-refractivity contribution in [3.05, 3.63) is 30.1 Å². The van der Waals surface area contributed by atoms with Gasteiger partial charge in [-0.15, -0.1) is 0 Å². The summed E-state index contributed by atoms with van der Waals surface area (Å²) < 4.78 is 18.3. The van der Waals surface area contributed by atoms with Crippen molar-refractivity contribution in [2.75, 3.05) is 12.3 Å². The molecule has 3 aromatic rings. The maximum Gasteiger partial charge on any atom is 0.516 e. The second kappa shape index (κ2) is 10.3. The summed E-state index contributed by atoms with van der Waals surface area (Å²) in [4.78, 5) is 29.7. The maximum absolute atomic E-state index is 12.5. The quantitative estimate of drug-likeness (QED) is 0.410. The van der Waals surface area contributed by atoms with Crippen molar-refractivity contribution >= 4 is 23.1 Å². The number of unbranched alkanes of at least 4 members (excludes halogenated alkanes) is 1. The molecule has 170 valence electrons. The fraction of sp³-hybridized carbons (Fsp3) is 0.500. The van der Waals surface area contributed by atoms with E-state index in [9.17, 15) is 4.79 Å². The summed E-state index contributed by atoms with van der Waals surface area (Å²) in [5.74, 6) is 0.150. The minimum Gasteiger partial charge on any atom is -0.463 e. The number of nitrogens with two attached hydrogens (primary N) is 1. The molecule has 0 atom stereocenters. The second-order valence-electron chi connectivity index (χ2n) is 7.84. The number of nitrogens with zero attached hydrogens (tertiary/aromatic N) is 5. The molecule has 3 aromatic heterocycles.